The third kappa shape index (κ3) is 1.92. The number of thiol groups is 1. The normalized spacial score (nSPS) is 26.1. The molecule has 2 nitrogen and oxygen atoms in total. The van der Waals surface area contributed by atoms with Crippen LogP contribution in [0.1, 0.15) is 38.5 Å². The second-order valence-corrected chi connectivity index (χ2v) is 5.10. The zero-order valence-corrected chi connectivity index (χ0v) is 9.56. The lowest BCUT2D eigenvalue weighted by Gasteiger charge is -2.45. The minimum Gasteiger partial charge on any atom is -0.342 e. The molecule has 0 aromatic carbocycles. The fourth-order valence-corrected chi connectivity index (χ4v) is 2.89. The summed E-state index contributed by atoms with van der Waals surface area (Å²) < 4.78 is 0. The van der Waals surface area contributed by atoms with Crippen LogP contribution < -0.4 is 0 Å². The third-order valence-electron chi connectivity index (χ3n) is 3.70. The summed E-state index contributed by atoms with van der Waals surface area (Å²) in [7, 11) is 0. The van der Waals surface area contributed by atoms with Gasteiger partial charge in [0.2, 0.25) is 5.91 Å². The van der Waals surface area contributed by atoms with Crippen LogP contribution in [0.5, 0.6) is 0 Å². The molecule has 0 atom stereocenters. The van der Waals surface area contributed by atoms with E-state index in [1.807, 2.05) is 0 Å². The van der Waals surface area contributed by atoms with Crippen molar-refractivity contribution < 1.29 is 4.79 Å². The zero-order valence-electron chi connectivity index (χ0n) is 8.67. The first-order valence-electron chi connectivity index (χ1n) is 5.64. The standard InChI is InChI=1S/C11H19NOS/c13-10-4-1-2-7-12(10)8-11(9-14)5-3-6-11/h14H,1-9H2. The van der Waals surface area contributed by atoms with Gasteiger partial charge < -0.3 is 4.90 Å². The van der Waals surface area contributed by atoms with Crippen molar-refractivity contribution >= 4 is 18.5 Å². The van der Waals surface area contributed by atoms with Gasteiger partial charge in [-0.05, 0) is 36.9 Å². The Kier molecular flexibility index (Phi) is 3.05. The van der Waals surface area contributed by atoms with Gasteiger partial charge in [0.25, 0.3) is 0 Å². The molecule has 1 saturated carbocycles. The lowest BCUT2D eigenvalue weighted by molar-refractivity contribution is -0.135. The second kappa shape index (κ2) is 4.13. The SMILES string of the molecule is O=C1CCCCN1CC1(CS)CCC1. The first kappa shape index (κ1) is 10.3. The molecule has 0 radical (unpaired) electrons. The van der Waals surface area contributed by atoms with E-state index in [9.17, 15) is 4.79 Å². The van der Waals surface area contributed by atoms with E-state index in [2.05, 4.69) is 17.5 Å². The van der Waals surface area contributed by atoms with Crippen molar-refractivity contribution in [2.75, 3.05) is 18.8 Å². The molecule has 0 aromatic heterocycles. The zero-order chi connectivity index (χ0) is 10.0. The van der Waals surface area contributed by atoms with Crippen LogP contribution in [0.15, 0.2) is 0 Å². The van der Waals surface area contributed by atoms with E-state index in [0.29, 0.717) is 11.3 Å². The van der Waals surface area contributed by atoms with Crippen LogP contribution in [0.2, 0.25) is 0 Å². The molecule has 1 saturated heterocycles. The molecule has 0 aromatic rings. The minimum atomic E-state index is 0.365. The van der Waals surface area contributed by atoms with Gasteiger partial charge in [-0.1, -0.05) is 6.42 Å². The molecule has 0 unspecified atom stereocenters. The summed E-state index contributed by atoms with van der Waals surface area (Å²) >= 11 is 4.42. The number of carbonyl (C=O) groups is 1. The van der Waals surface area contributed by atoms with Crippen LogP contribution in [0.3, 0.4) is 0 Å². The molecule has 0 spiro atoms. The largest absolute Gasteiger partial charge is 0.342 e. The summed E-state index contributed by atoms with van der Waals surface area (Å²) in [5.41, 5.74) is 0.371. The van der Waals surface area contributed by atoms with Crippen LogP contribution in [0, 0.1) is 5.41 Å². The van der Waals surface area contributed by atoms with Gasteiger partial charge in [-0.3, -0.25) is 4.79 Å². The lowest BCUT2D eigenvalue weighted by atomic mass is 9.69. The van der Waals surface area contributed by atoms with Gasteiger partial charge in [0.1, 0.15) is 0 Å². The molecule has 2 fully saturated rings. The van der Waals surface area contributed by atoms with Crippen molar-refractivity contribution in [3.63, 3.8) is 0 Å². The summed E-state index contributed by atoms with van der Waals surface area (Å²) in [5, 5.41) is 0. The Labute approximate surface area is 91.5 Å². The van der Waals surface area contributed by atoms with Crippen molar-refractivity contribution in [3.05, 3.63) is 0 Å². The number of amides is 1. The Bertz CT molecular complexity index is 220. The fourth-order valence-electron chi connectivity index (χ4n) is 2.48. The van der Waals surface area contributed by atoms with Crippen molar-refractivity contribution in [1.29, 1.82) is 0 Å². The smallest absolute Gasteiger partial charge is 0.222 e. The molecule has 14 heavy (non-hydrogen) atoms. The van der Waals surface area contributed by atoms with Gasteiger partial charge in [0.15, 0.2) is 0 Å². The Morgan fingerprint density at radius 2 is 2.07 bits per heavy atom. The average Bonchev–Trinajstić information content (AvgIpc) is 2.14. The minimum absolute atomic E-state index is 0.365. The fraction of sp³-hybridized carbons (Fsp3) is 0.909. The van der Waals surface area contributed by atoms with Crippen LogP contribution >= 0.6 is 12.6 Å². The van der Waals surface area contributed by atoms with Crippen molar-refractivity contribution in [2.45, 2.75) is 38.5 Å². The van der Waals surface area contributed by atoms with Gasteiger partial charge in [-0.15, -0.1) is 0 Å². The maximum absolute atomic E-state index is 11.6. The molecule has 1 aliphatic heterocycles. The van der Waals surface area contributed by atoms with Gasteiger partial charge in [0, 0.05) is 19.5 Å². The average molecular weight is 213 g/mol. The number of piperidine rings is 1. The molecule has 1 aliphatic carbocycles. The number of hydrogen-bond donors (Lipinski definition) is 1. The summed E-state index contributed by atoms with van der Waals surface area (Å²) in [6, 6.07) is 0. The molecule has 80 valence electrons. The van der Waals surface area contributed by atoms with Crippen molar-refractivity contribution in [3.8, 4) is 0 Å². The topological polar surface area (TPSA) is 20.3 Å². The van der Waals surface area contributed by atoms with E-state index < -0.39 is 0 Å². The monoisotopic (exact) mass is 213 g/mol. The quantitative estimate of drug-likeness (QED) is 0.712. The number of rotatable bonds is 3. The van der Waals surface area contributed by atoms with E-state index >= 15 is 0 Å². The van der Waals surface area contributed by atoms with Crippen LogP contribution in [0.25, 0.3) is 0 Å². The highest BCUT2D eigenvalue weighted by Gasteiger charge is 2.38. The van der Waals surface area contributed by atoms with Crippen LogP contribution in [0.4, 0.5) is 0 Å². The van der Waals surface area contributed by atoms with Crippen LogP contribution in [-0.4, -0.2) is 29.6 Å². The molecule has 2 aliphatic rings. The Balaban J connectivity index is 1.91. The first-order valence-corrected chi connectivity index (χ1v) is 6.28. The summed E-state index contributed by atoms with van der Waals surface area (Å²) in [6.07, 6.45) is 6.89. The van der Waals surface area contributed by atoms with Crippen molar-refractivity contribution in [1.82, 2.24) is 4.90 Å². The highest BCUT2D eigenvalue weighted by atomic mass is 32.1. The highest BCUT2D eigenvalue weighted by molar-refractivity contribution is 7.80. The van der Waals surface area contributed by atoms with E-state index in [4.69, 9.17) is 0 Å². The molecule has 1 heterocycles. The molecule has 1 amide bonds. The molecule has 0 bridgehead atoms. The molecule has 0 N–H and O–H groups in total. The predicted octanol–water partition coefficient (Wildman–Crippen LogP) is 2.10. The maximum atomic E-state index is 11.6. The second-order valence-electron chi connectivity index (χ2n) is 4.78. The van der Waals surface area contributed by atoms with Gasteiger partial charge in [-0.2, -0.15) is 12.6 Å². The lowest BCUT2D eigenvalue weighted by Crippen LogP contribution is -2.47. The third-order valence-corrected chi connectivity index (χ3v) is 4.37. The number of likely N-dealkylation sites (tertiary alicyclic amines) is 1. The summed E-state index contributed by atoms with van der Waals surface area (Å²) in [5.74, 6) is 1.31. The predicted molar refractivity (Wildman–Crippen MR) is 60.6 cm³/mol. The molecular formula is C11H19NOS. The van der Waals surface area contributed by atoms with E-state index in [0.717, 1.165) is 31.7 Å². The van der Waals surface area contributed by atoms with Crippen molar-refractivity contribution in [2.24, 2.45) is 5.41 Å². The first-order chi connectivity index (χ1) is 6.76. The molecule has 3 heteroatoms. The van der Waals surface area contributed by atoms with Gasteiger partial charge >= 0.3 is 0 Å². The summed E-state index contributed by atoms with van der Waals surface area (Å²) in [6.45, 7) is 1.95. The molecular weight excluding hydrogens is 194 g/mol. The Morgan fingerprint density at radius 1 is 1.29 bits per heavy atom. The van der Waals surface area contributed by atoms with Gasteiger partial charge in [-0.25, -0.2) is 0 Å². The van der Waals surface area contributed by atoms with E-state index in [-0.39, 0.29) is 0 Å². The highest BCUT2D eigenvalue weighted by Crippen LogP contribution is 2.42. The van der Waals surface area contributed by atoms with E-state index in [1.165, 1.54) is 25.7 Å². The van der Waals surface area contributed by atoms with Crippen LogP contribution in [-0.2, 0) is 4.79 Å². The number of carbonyl (C=O) groups excluding carboxylic acids is 1. The summed E-state index contributed by atoms with van der Waals surface area (Å²) in [4.78, 5) is 13.7. The van der Waals surface area contributed by atoms with Gasteiger partial charge in [0.05, 0.1) is 0 Å². The van der Waals surface area contributed by atoms with E-state index in [1.54, 1.807) is 0 Å². The molecule has 2 rings (SSSR count). The Morgan fingerprint density at radius 3 is 2.57 bits per heavy atom. The number of hydrogen-bond acceptors (Lipinski definition) is 2. The number of nitrogens with zero attached hydrogens (tertiary/aromatic N) is 1. The maximum Gasteiger partial charge on any atom is 0.222 e. The Hall–Kier alpha value is -0.180.